The van der Waals surface area contributed by atoms with Crippen molar-refractivity contribution >= 4 is 5.91 Å². The Bertz CT molecular complexity index is 487. The van der Waals surface area contributed by atoms with Crippen LogP contribution in [0.5, 0.6) is 0 Å². The molecule has 0 spiro atoms. The average Bonchev–Trinajstić information content (AvgIpc) is 2.48. The van der Waals surface area contributed by atoms with E-state index in [2.05, 4.69) is 5.32 Å². The van der Waals surface area contributed by atoms with E-state index in [9.17, 15) is 13.6 Å². The van der Waals surface area contributed by atoms with Crippen LogP contribution in [0.3, 0.4) is 0 Å². The van der Waals surface area contributed by atoms with Crippen LogP contribution in [-0.4, -0.2) is 30.9 Å². The van der Waals surface area contributed by atoms with Crippen molar-refractivity contribution in [3.05, 3.63) is 35.4 Å². The predicted molar refractivity (Wildman–Crippen MR) is 73.1 cm³/mol. The van der Waals surface area contributed by atoms with Crippen LogP contribution >= 0.6 is 0 Å². The van der Waals surface area contributed by atoms with E-state index in [0.717, 1.165) is 44.1 Å². The van der Waals surface area contributed by atoms with Crippen LogP contribution in [0.4, 0.5) is 8.78 Å². The Kier molecular flexibility index (Phi) is 4.70. The molecule has 0 bridgehead atoms. The van der Waals surface area contributed by atoms with Crippen LogP contribution < -0.4 is 5.32 Å². The summed E-state index contributed by atoms with van der Waals surface area (Å²) in [4.78, 5) is 13.9. The third-order valence-electron chi connectivity index (χ3n) is 4.03. The number of rotatable bonds is 3. The maximum Gasteiger partial charge on any atom is 0.226 e. The first-order chi connectivity index (χ1) is 9.50. The third kappa shape index (κ3) is 3.15. The van der Waals surface area contributed by atoms with Crippen LogP contribution in [0.25, 0.3) is 0 Å². The number of halogens is 2. The van der Waals surface area contributed by atoms with Crippen LogP contribution in [-0.2, 0) is 4.79 Å². The van der Waals surface area contributed by atoms with Crippen molar-refractivity contribution in [3.63, 3.8) is 0 Å². The van der Waals surface area contributed by atoms with E-state index in [1.807, 2.05) is 0 Å². The first-order valence-corrected chi connectivity index (χ1v) is 6.93. The highest BCUT2D eigenvalue weighted by Crippen LogP contribution is 2.25. The van der Waals surface area contributed by atoms with Crippen molar-refractivity contribution in [1.82, 2.24) is 10.2 Å². The van der Waals surface area contributed by atoms with Crippen molar-refractivity contribution in [3.8, 4) is 0 Å². The Labute approximate surface area is 118 Å². The molecule has 1 aliphatic rings. The lowest BCUT2D eigenvalue weighted by molar-refractivity contribution is -0.137. The lowest BCUT2D eigenvalue weighted by atomic mass is 9.95. The number of nitrogens with zero attached hydrogens (tertiary/aromatic N) is 1. The molecular weight excluding hydrogens is 262 g/mol. The average molecular weight is 282 g/mol. The molecule has 110 valence electrons. The minimum absolute atomic E-state index is 0.00246. The van der Waals surface area contributed by atoms with Crippen LogP contribution in [0, 0.1) is 17.6 Å². The molecule has 3 nitrogen and oxygen atoms in total. The molecule has 1 N–H and O–H groups in total. The molecule has 1 aromatic rings. The van der Waals surface area contributed by atoms with Gasteiger partial charge < -0.3 is 10.2 Å². The molecule has 1 heterocycles. The lowest BCUT2D eigenvalue weighted by Crippen LogP contribution is -2.40. The Hall–Kier alpha value is -1.49. The number of hydrogen-bond donors (Lipinski definition) is 1. The van der Waals surface area contributed by atoms with Crippen molar-refractivity contribution in [1.29, 1.82) is 0 Å². The molecule has 0 unspecified atom stereocenters. The molecule has 1 saturated heterocycles. The fraction of sp³-hybridized carbons (Fsp3) is 0.533. The highest BCUT2D eigenvalue weighted by atomic mass is 19.1. The third-order valence-corrected chi connectivity index (χ3v) is 4.03. The first kappa shape index (κ1) is 14.9. The smallest absolute Gasteiger partial charge is 0.226 e. The summed E-state index contributed by atoms with van der Waals surface area (Å²) in [6, 6.07) is 2.87. The second kappa shape index (κ2) is 6.31. The van der Waals surface area contributed by atoms with E-state index in [1.54, 1.807) is 14.0 Å². The van der Waals surface area contributed by atoms with Gasteiger partial charge in [0.15, 0.2) is 0 Å². The van der Waals surface area contributed by atoms with E-state index in [-0.39, 0.29) is 17.4 Å². The fourth-order valence-corrected chi connectivity index (χ4v) is 2.59. The summed E-state index contributed by atoms with van der Waals surface area (Å²) in [7, 11) is 1.65. The van der Waals surface area contributed by atoms with Crippen molar-refractivity contribution in [2.75, 3.05) is 20.1 Å². The normalized spacial score (nSPS) is 17.8. The molecule has 1 atom stereocenters. The van der Waals surface area contributed by atoms with Gasteiger partial charge in [-0.15, -0.1) is 0 Å². The molecule has 20 heavy (non-hydrogen) atoms. The predicted octanol–water partition coefficient (Wildman–Crippen LogP) is 2.48. The van der Waals surface area contributed by atoms with Gasteiger partial charge in [-0.3, -0.25) is 4.79 Å². The number of carbonyl (C=O) groups is 1. The number of hydrogen-bond acceptors (Lipinski definition) is 2. The standard InChI is InChI=1S/C15H20F2N2O/c1-10(13-9-12(16)3-4-14(13)17)19(2)15(20)11-5-7-18-8-6-11/h3-4,9-11,18H,5-8H2,1-2H3/t10-/m0/s1. The van der Waals surface area contributed by atoms with E-state index >= 15 is 0 Å². The van der Waals surface area contributed by atoms with Gasteiger partial charge in [0, 0.05) is 18.5 Å². The zero-order valence-electron chi connectivity index (χ0n) is 11.8. The van der Waals surface area contributed by atoms with Gasteiger partial charge in [0.2, 0.25) is 5.91 Å². The quantitative estimate of drug-likeness (QED) is 0.923. The molecule has 0 radical (unpaired) electrons. The van der Waals surface area contributed by atoms with Crippen LogP contribution in [0.2, 0.25) is 0 Å². The zero-order valence-corrected chi connectivity index (χ0v) is 11.8. The van der Waals surface area contributed by atoms with E-state index < -0.39 is 17.7 Å². The number of nitrogens with one attached hydrogen (secondary N) is 1. The van der Waals surface area contributed by atoms with Gasteiger partial charge in [-0.2, -0.15) is 0 Å². The fourth-order valence-electron chi connectivity index (χ4n) is 2.59. The maximum absolute atomic E-state index is 13.8. The Balaban J connectivity index is 2.12. The number of benzene rings is 1. The Morgan fingerprint density at radius 1 is 1.35 bits per heavy atom. The summed E-state index contributed by atoms with van der Waals surface area (Å²) in [5, 5.41) is 3.21. The number of piperidine rings is 1. The Morgan fingerprint density at radius 2 is 2.00 bits per heavy atom. The molecule has 1 aromatic carbocycles. The number of carbonyl (C=O) groups excluding carboxylic acids is 1. The van der Waals surface area contributed by atoms with Crippen LogP contribution in [0.15, 0.2) is 18.2 Å². The van der Waals surface area contributed by atoms with E-state index in [0.29, 0.717) is 0 Å². The number of amides is 1. The van der Waals surface area contributed by atoms with Gasteiger partial charge in [0.05, 0.1) is 6.04 Å². The molecular formula is C15H20F2N2O. The SMILES string of the molecule is C[C@@H](c1cc(F)ccc1F)N(C)C(=O)C1CCNCC1. The monoisotopic (exact) mass is 282 g/mol. The summed E-state index contributed by atoms with van der Waals surface area (Å²) in [5.41, 5.74) is 0.217. The van der Waals surface area contributed by atoms with Crippen molar-refractivity contribution in [2.45, 2.75) is 25.8 Å². The summed E-state index contributed by atoms with van der Waals surface area (Å²) >= 11 is 0. The summed E-state index contributed by atoms with van der Waals surface area (Å²) in [6.45, 7) is 3.37. The summed E-state index contributed by atoms with van der Waals surface area (Å²) in [6.07, 6.45) is 1.59. The summed E-state index contributed by atoms with van der Waals surface area (Å²) < 4.78 is 27.0. The lowest BCUT2D eigenvalue weighted by Gasteiger charge is -2.31. The van der Waals surface area contributed by atoms with E-state index in [4.69, 9.17) is 0 Å². The van der Waals surface area contributed by atoms with Gasteiger partial charge in [0.1, 0.15) is 11.6 Å². The molecule has 0 saturated carbocycles. The van der Waals surface area contributed by atoms with Gasteiger partial charge in [0.25, 0.3) is 0 Å². The topological polar surface area (TPSA) is 32.3 Å². The van der Waals surface area contributed by atoms with Gasteiger partial charge in [-0.05, 0) is 51.1 Å². The van der Waals surface area contributed by atoms with Gasteiger partial charge in [-0.25, -0.2) is 8.78 Å². The highest BCUT2D eigenvalue weighted by molar-refractivity contribution is 5.79. The molecule has 0 aliphatic carbocycles. The van der Waals surface area contributed by atoms with E-state index in [1.165, 1.54) is 4.90 Å². The molecule has 0 aromatic heterocycles. The summed E-state index contributed by atoms with van der Waals surface area (Å²) in [5.74, 6) is -0.997. The van der Waals surface area contributed by atoms with Gasteiger partial charge in [-0.1, -0.05) is 0 Å². The van der Waals surface area contributed by atoms with Crippen LogP contribution in [0.1, 0.15) is 31.4 Å². The maximum atomic E-state index is 13.8. The van der Waals surface area contributed by atoms with Gasteiger partial charge >= 0.3 is 0 Å². The zero-order chi connectivity index (χ0) is 14.7. The second-order valence-electron chi connectivity index (χ2n) is 5.32. The minimum Gasteiger partial charge on any atom is -0.339 e. The molecule has 1 aliphatic heterocycles. The van der Waals surface area contributed by atoms with Crippen molar-refractivity contribution in [2.24, 2.45) is 5.92 Å². The molecule has 1 fully saturated rings. The molecule has 1 amide bonds. The first-order valence-electron chi connectivity index (χ1n) is 6.93. The van der Waals surface area contributed by atoms with Crippen molar-refractivity contribution < 1.29 is 13.6 Å². The minimum atomic E-state index is -0.490. The molecule has 2 rings (SSSR count). The second-order valence-corrected chi connectivity index (χ2v) is 5.32. The largest absolute Gasteiger partial charge is 0.339 e. The highest BCUT2D eigenvalue weighted by Gasteiger charge is 2.28. The molecule has 5 heteroatoms. The Morgan fingerprint density at radius 3 is 2.65 bits per heavy atom.